The standard InChI is InChI=1S/C19H17ClN2O3S/c1-25-17-6-4-5-16(13-17)21-14-9-11-15(12-10-14)22-26(23,24)19-8-3-2-7-18(19)20/h2-13,21-22H,1H3. The van der Waals surface area contributed by atoms with E-state index in [1.807, 2.05) is 24.3 Å². The van der Waals surface area contributed by atoms with Crippen LogP contribution in [0.4, 0.5) is 17.1 Å². The molecule has 3 aromatic carbocycles. The van der Waals surface area contributed by atoms with Crippen molar-refractivity contribution in [1.82, 2.24) is 0 Å². The molecular weight excluding hydrogens is 372 g/mol. The number of ether oxygens (including phenoxy) is 1. The topological polar surface area (TPSA) is 67.4 Å². The fourth-order valence-corrected chi connectivity index (χ4v) is 3.94. The molecule has 0 spiro atoms. The van der Waals surface area contributed by atoms with Crippen LogP contribution in [0.3, 0.4) is 0 Å². The van der Waals surface area contributed by atoms with Crippen LogP contribution in [0.25, 0.3) is 0 Å². The average molecular weight is 389 g/mol. The molecule has 134 valence electrons. The Morgan fingerprint density at radius 2 is 1.54 bits per heavy atom. The molecule has 0 saturated carbocycles. The Bertz CT molecular complexity index is 1010. The van der Waals surface area contributed by atoms with E-state index in [1.54, 1.807) is 43.5 Å². The van der Waals surface area contributed by atoms with Gasteiger partial charge in [0.25, 0.3) is 10.0 Å². The van der Waals surface area contributed by atoms with Gasteiger partial charge < -0.3 is 10.1 Å². The van der Waals surface area contributed by atoms with Crippen molar-refractivity contribution in [3.8, 4) is 5.75 Å². The van der Waals surface area contributed by atoms with Gasteiger partial charge >= 0.3 is 0 Å². The van der Waals surface area contributed by atoms with Crippen molar-refractivity contribution in [1.29, 1.82) is 0 Å². The predicted molar refractivity (Wildman–Crippen MR) is 105 cm³/mol. The number of sulfonamides is 1. The van der Waals surface area contributed by atoms with Crippen molar-refractivity contribution in [2.75, 3.05) is 17.1 Å². The van der Waals surface area contributed by atoms with Crippen molar-refractivity contribution in [2.45, 2.75) is 4.90 Å². The second-order valence-electron chi connectivity index (χ2n) is 5.47. The van der Waals surface area contributed by atoms with E-state index in [-0.39, 0.29) is 9.92 Å². The summed E-state index contributed by atoms with van der Waals surface area (Å²) in [5.74, 6) is 0.749. The monoisotopic (exact) mass is 388 g/mol. The molecule has 0 saturated heterocycles. The van der Waals surface area contributed by atoms with E-state index < -0.39 is 10.0 Å². The van der Waals surface area contributed by atoms with Crippen LogP contribution in [0.1, 0.15) is 0 Å². The van der Waals surface area contributed by atoms with Gasteiger partial charge in [0.15, 0.2) is 0 Å². The first kappa shape index (κ1) is 18.1. The van der Waals surface area contributed by atoms with Crippen LogP contribution in [-0.2, 0) is 10.0 Å². The van der Waals surface area contributed by atoms with Gasteiger partial charge in [0, 0.05) is 23.1 Å². The SMILES string of the molecule is COc1cccc(Nc2ccc(NS(=O)(=O)c3ccccc3Cl)cc2)c1. The third-order valence-corrected chi connectivity index (χ3v) is 5.50. The largest absolute Gasteiger partial charge is 0.497 e. The van der Waals surface area contributed by atoms with Crippen molar-refractivity contribution in [3.05, 3.63) is 77.8 Å². The summed E-state index contributed by atoms with van der Waals surface area (Å²) in [6.45, 7) is 0. The zero-order valence-corrected chi connectivity index (χ0v) is 15.5. The van der Waals surface area contributed by atoms with Crippen molar-refractivity contribution in [2.24, 2.45) is 0 Å². The number of methoxy groups -OCH3 is 1. The molecule has 0 aliphatic rings. The summed E-state index contributed by atoms with van der Waals surface area (Å²) >= 11 is 5.98. The lowest BCUT2D eigenvalue weighted by molar-refractivity contribution is 0.415. The number of halogens is 1. The first-order chi connectivity index (χ1) is 12.5. The van der Waals surface area contributed by atoms with Gasteiger partial charge in [-0.3, -0.25) is 4.72 Å². The van der Waals surface area contributed by atoms with E-state index >= 15 is 0 Å². The lowest BCUT2D eigenvalue weighted by atomic mass is 10.2. The van der Waals surface area contributed by atoms with E-state index in [4.69, 9.17) is 16.3 Å². The molecule has 0 unspecified atom stereocenters. The van der Waals surface area contributed by atoms with Gasteiger partial charge in [0.1, 0.15) is 10.6 Å². The molecule has 0 amide bonds. The Hall–Kier alpha value is -2.70. The molecule has 0 atom stereocenters. The number of nitrogens with one attached hydrogen (secondary N) is 2. The van der Waals surface area contributed by atoms with Gasteiger partial charge in [0.2, 0.25) is 0 Å². The number of hydrogen-bond donors (Lipinski definition) is 2. The van der Waals surface area contributed by atoms with Gasteiger partial charge in [-0.15, -0.1) is 0 Å². The molecule has 3 aromatic rings. The summed E-state index contributed by atoms with van der Waals surface area (Å²) in [5.41, 5.74) is 2.13. The third kappa shape index (κ3) is 4.28. The highest BCUT2D eigenvalue weighted by atomic mass is 35.5. The molecule has 0 aliphatic heterocycles. The highest BCUT2D eigenvalue weighted by molar-refractivity contribution is 7.92. The maximum absolute atomic E-state index is 12.4. The fraction of sp³-hybridized carbons (Fsp3) is 0.0526. The van der Waals surface area contributed by atoms with Gasteiger partial charge in [-0.25, -0.2) is 8.42 Å². The molecule has 3 rings (SSSR count). The summed E-state index contributed by atoms with van der Waals surface area (Å²) in [5, 5.41) is 3.41. The van der Waals surface area contributed by atoms with E-state index in [1.165, 1.54) is 12.1 Å². The minimum Gasteiger partial charge on any atom is -0.497 e. The summed E-state index contributed by atoms with van der Waals surface area (Å²) in [4.78, 5) is 0.0419. The van der Waals surface area contributed by atoms with Crippen LogP contribution in [0, 0.1) is 0 Å². The van der Waals surface area contributed by atoms with E-state index in [2.05, 4.69) is 10.0 Å². The average Bonchev–Trinajstić information content (AvgIpc) is 2.63. The van der Waals surface area contributed by atoms with Gasteiger partial charge in [-0.1, -0.05) is 29.8 Å². The molecular formula is C19H17ClN2O3S. The number of benzene rings is 3. The quantitative estimate of drug-likeness (QED) is 0.630. The molecule has 0 radical (unpaired) electrons. The van der Waals surface area contributed by atoms with Crippen molar-refractivity contribution >= 4 is 38.7 Å². The number of anilines is 3. The highest BCUT2D eigenvalue weighted by Gasteiger charge is 2.17. The Morgan fingerprint density at radius 3 is 2.23 bits per heavy atom. The Labute approximate surface area is 157 Å². The van der Waals surface area contributed by atoms with Crippen LogP contribution in [0.5, 0.6) is 5.75 Å². The minimum absolute atomic E-state index is 0.0419. The number of hydrogen-bond acceptors (Lipinski definition) is 4. The van der Waals surface area contributed by atoms with Crippen molar-refractivity contribution in [3.63, 3.8) is 0 Å². The molecule has 26 heavy (non-hydrogen) atoms. The molecule has 0 fully saturated rings. The maximum Gasteiger partial charge on any atom is 0.263 e. The summed E-state index contributed by atoms with van der Waals surface area (Å²) in [6, 6.07) is 20.7. The smallest absolute Gasteiger partial charge is 0.263 e. The van der Waals surface area contributed by atoms with Crippen LogP contribution >= 0.6 is 11.6 Å². The van der Waals surface area contributed by atoms with Crippen LogP contribution in [0.15, 0.2) is 77.7 Å². The maximum atomic E-state index is 12.4. The Morgan fingerprint density at radius 1 is 0.846 bits per heavy atom. The summed E-state index contributed by atoms with van der Waals surface area (Å²) in [7, 11) is -2.13. The molecule has 5 nitrogen and oxygen atoms in total. The highest BCUT2D eigenvalue weighted by Crippen LogP contribution is 2.25. The third-order valence-electron chi connectivity index (χ3n) is 3.62. The lowest BCUT2D eigenvalue weighted by Gasteiger charge is -2.11. The molecule has 7 heteroatoms. The van der Waals surface area contributed by atoms with Crippen LogP contribution < -0.4 is 14.8 Å². The zero-order chi connectivity index (χ0) is 18.6. The predicted octanol–water partition coefficient (Wildman–Crippen LogP) is 4.89. The van der Waals surface area contributed by atoms with E-state index in [0.29, 0.717) is 5.69 Å². The zero-order valence-electron chi connectivity index (χ0n) is 13.9. The van der Waals surface area contributed by atoms with E-state index in [9.17, 15) is 8.42 Å². The van der Waals surface area contributed by atoms with Crippen LogP contribution in [-0.4, -0.2) is 15.5 Å². The van der Waals surface area contributed by atoms with Gasteiger partial charge in [0.05, 0.1) is 12.1 Å². The molecule has 0 aromatic heterocycles. The molecule has 0 heterocycles. The van der Waals surface area contributed by atoms with Crippen molar-refractivity contribution < 1.29 is 13.2 Å². The van der Waals surface area contributed by atoms with Gasteiger partial charge in [-0.2, -0.15) is 0 Å². The molecule has 2 N–H and O–H groups in total. The summed E-state index contributed by atoms with van der Waals surface area (Å²) in [6.07, 6.45) is 0. The van der Waals surface area contributed by atoms with Gasteiger partial charge in [-0.05, 0) is 48.5 Å². The Balaban J connectivity index is 1.74. The molecule has 0 bridgehead atoms. The van der Waals surface area contributed by atoms with Crippen LogP contribution in [0.2, 0.25) is 5.02 Å². The number of rotatable bonds is 6. The lowest BCUT2D eigenvalue weighted by Crippen LogP contribution is -2.13. The minimum atomic E-state index is -3.74. The first-order valence-electron chi connectivity index (χ1n) is 7.76. The summed E-state index contributed by atoms with van der Waals surface area (Å²) < 4.78 is 32.6. The molecule has 0 aliphatic carbocycles. The fourth-order valence-electron chi connectivity index (χ4n) is 2.36. The Kier molecular flexibility index (Phi) is 5.35. The second-order valence-corrected chi connectivity index (χ2v) is 7.53. The second kappa shape index (κ2) is 7.68. The van der Waals surface area contributed by atoms with E-state index in [0.717, 1.165) is 17.1 Å². The first-order valence-corrected chi connectivity index (χ1v) is 9.62. The normalized spacial score (nSPS) is 11.0.